The Bertz CT molecular complexity index is 3010. The van der Waals surface area contributed by atoms with Crippen LogP contribution in [0.15, 0.2) is 101 Å². The van der Waals surface area contributed by atoms with Crippen molar-refractivity contribution in [2.75, 3.05) is 0 Å². The van der Waals surface area contributed by atoms with Gasteiger partial charge in [0.15, 0.2) is 51.7 Å². The number of fused-ring (bicyclic) bond motifs is 3. The molecule has 1 aromatic heterocycles. The van der Waals surface area contributed by atoms with Crippen molar-refractivity contribution in [2.24, 2.45) is 30.0 Å². The third kappa shape index (κ3) is 5.01. The SMILES string of the molecule is N#CC(C#N)=C1N=c2ccc(-c3nc(-c4ccc5c(c4C#N)=NC(=C(C#N)C#N)N=5)nc(-c4ccc5c(c4C#N)=NC(=C(C#N)C#N)N=5)n3)c(C#N)c2=N1. The van der Waals surface area contributed by atoms with Gasteiger partial charge in [0.2, 0.25) is 0 Å². The molecule has 0 saturated heterocycles. The molecule has 0 aliphatic carbocycles. The van der Waals surface area contributed by atoms with E-state index in [0.29, 0.717) is 0 Å². The van der Waals surface area contributed by atoms with Gasteiger partial charge in [-0.15, -0.1) is 0 Å². The van der Waals surface area contributed by atoms with Gasteiger partial charge in [-0.25, -0.2) is 44.9 Å². The molecule has 4 aromatic rings. The van der Waals surface area contributed by atoms with Crippen molar-refractivity contribution in [2.45, 2.75) is 0 Å². The lowest BCUT2D eigenvalue weighted by molar-refractivity contribution is 1.06. The van der Waals surface area contributed by atoms with Gasteiger partial charge in [0, 0.05) is 16.7 Å². The van der Waals surface area contributed by atoms with Crippen LogP contribution in [0.2, 0.25) is 0 Å². The molecule has 0 saturated carbocycles. The van der Waals surface area contributed by atoms with Gasteiger partial charge >= 0.3 is 0 Å². The Morgan fingerprint density at radius 2 is 0.611 bits per heavy atom. The highest BCUT2D eigenvalue weighted by Crippen LogP contribution is 2.28. The van der Waals surface area contributed by atoms with Crippen molar-refractivity contribution in [3.8, 4) is 88.8 Å². The van der Waals surface area contributed by atoms with Gasteiger partial charge in [-0.1, -0.05) is 0 Å². The van der Waals surface area contributed by atoms with Crippen LogP contribution >= 0.6 is 0 Å². The normalized spacial score (nSPS) is 11.9. The van der Waals surface area contributed by atoms with E-state index in [9.17, 15) is 47.4 Å². The molecule has 0 N–H and O–H groups in total. The van der Waals surface area contributed by atoms with E-state index in [-0.39, 0.29) is 117 Å². The fourth-order valence-corrected chi connectivity index (χ4v) is 5.43. The van der Waals surface area contributed by atoms with Crippen LogP contribution in [0.3, 0.4) is 0 Å². The molecule has 0 atom stereocenters. The van der Waals surface area contributed by atoms with Gasteiger partial charge < -0.3 is 0 Å². The second-order valence-corrected chi connectivity index (χ2v) is 10.6. The maximum Gasteiger partial charge on any atom is 0.182 e. The molecule has 240 valence electrons. The molecule has 54 heavy (non-hydrogen) atoms. The molecule has 18 heteroatoms. The van der Waals surface area contributed by atoms with Gasteiger partial charge in [0.05, 0.1) is 32.8 Å². The second-order valence-electron chi connectivity index (χ2n) is 10.6. The fraction of sp³-hybridized carbons (Fsp3) is 0. The van der Waals surface area contributed by atoms with E-state index in [2.05, 4.69) is 63.1 Å². The van der Waals surface area contributed by atoms with E-state index in [1.165, 1.54) is 36.4 Å². The first-order valence-electron chi connectivity index (χ1n) is 14.8. The predicted octanol–water partition coefficient (Wildman–Crippen LogP) is 0.0223. The molecule has 0 spiro atoms. The van der Waals surface area contributed by atoms with Gasteiger partial charge in [0.1, 0.15) is 70.7 Å². The molecule has 0 bridgehead atoms. The second kappa shape index (κ2) is 12.9. The molecule has 0 radical (unpaired) electrons. The van der Waals surface area contributed by atoms with Crippen LogP contribution in [0.5, 0.6) is 0 Å². The number of nitrogens with zero attached hydrogens (tertiary/aromatic N) is 18. The van der Waals surface area contributed by atoms with Crippen LogP contribution in [-0.4, -0.2) is 15.0 Å². The van der Waals surface area contributed by atoms with Gasteiger partial charge in [0.25, 0.3) is 0 Å². The lowest BCUT2D eigenvalue weighted by Gasteiger charge is -2.10. The van der Waals surface area contributed by atoms with Crippen molar-refractivity contribution in [3.63, 3.8) is 0 Å². The molecule has 7 rings (SSSR count). The lowest BCUT2D eigenvalue weighted by atomic mass is 10.0. The molecular weight excluding hydrogens is 685 g/mol. The third-order valence-corrected chi connectivity index (χ3v) is 7.84. The molecule has 0 unspecified atom stereocenters. The molecule has 4 heterocycles. The Hall–Kier alpha value is -9.90. The first-order chi connectivity index (χ1) is 26.3. The van der Waals surface area contributed by atoms with Crippen molar-refractivity contribution in [1.29, 1.82) is 47.4 Å². The number of allylic oxidation sites excluding steroid dienone is 3. The van der Waals surface area contributed by atoms with Gasteiger partial charge in [-0.05, 0) is 36.4 Å². The molecule has 3 aliphatic heterocycles. The zero-order valence-electron chi connectivity index (χ0n) is 26.5. The summed E-state index contributed by atoms with van der Waals surface area (Å²) in [6.07, 6.45) is 0. The summed E-state index contributed by atoms with van der Waals surface area (Å²) in [6, 6.07) is 25.3. The number of rotatable bonds is 3. The Kier molecular flexibility index (Phi) is 7.77. The molecule has 0 fully saturated rings. The monoisotopic (exact) mass is 690 g/mol. The molecule has 3 aromatic carbocycles. The Balaban J connectivity index is 1.56. The summed E-state index contributed by atoms with van der Waals surface area (Å²) in [5, 5.41) is 87.9. The molecular formula is C36H6N18. The van der Waals surface area contributed by atoms with Crippen LogP contribution in [0.4, 0.5) is 0 Å². The quantitative estimate of drug-likeness (QED) is 0.257. The lowest BCUT2D eigenvalue weighted by Crippen LogP contribution is -2.27. The summed E-state index contributed by atoms with van der Waals surface area (Å²) in [5.74, 6) is -0.959. The molecule has 3 aliphatic rings. The molecule has 18 nitrogen and oxygen atoms in total. The standard InChI is InChI=1S/C36H6N18/c37-7-16(8-38)31-46-25-4-1-19(22(13-43)28(25)49-31)34-52-35(20-2-5-26-29(23(20)14-44)50-32(47-26)17(9-39)10-40)54-36(53-34)21-3-6-27-30(24(21)15-45)51-33(48-27)18(11-41)12-42/h1-6H. The minimum atomic E-state index is -0.374. The fourth-order valence-electron chi connectivity index (χ4n) is 5.43. The highest BCUT2D eigenvalue weighted by atomic mass is 15.1. The average molecular weight is 691 g/mol. The number of nitriles is 9. The van der Waals surface area contributed by atoms with Crippen LogP contribution in [-0.2, 0) is 0 Å². The van der Waals surface area contributed by atoms with E-state index in [1.807, 2.05) is 0 Å². The summed E-state index contributed by atoms with van der Waals surface area (Å²) < 4.78 is 0. The zero-order chi connectivity index (χ0) is 38.1. The van der Waals surface area contributed by atoms with Crippen molar-refractivity contribution < 1.29 is 0 Å². The Morgan fingerprint density at radius 3 is 0.833 bits per heavy atom. The number of aromatic nitrogens is 3. The molecule has 0 amide bonds. The van der Waals surface area contributed by atoms with Crippen molar-refractivity contribution in [1.82, 2.24) is 15.0 Å². The van der Waals surface area contributed by atoms with E-state index in [0.717, 1.165) is 0 Å². The maximum absolute atomic E-state index is 10.4. The third-order valence-electron chi connectivity index (χ3n) is 7.84. The number of hydrogen-bond acceptors (Lipinski definition) is 18. The summed E-state index contributed by atoms with van der Waals surface area (Å²) in [5.41, 5.74) is -1.06. The van der Waals surface area contributed by atoms with Crippen LogP contribution in [0.25, 0.3) is 34.2 Å². The number of hydrogen-bond donors (Lipinski definition) is 0. The summed E-state index contributed by atoms with van der Waals surface area (Å²) in [4.78, 5) is 39.2. The Labute approximate surface area is 300 Å². The summed E-state index contributed by atoms with van der Waals surface area (Å²) in [6.45, 7) is 0. The van der Waals surface area contributed by atoms with E-state index in [1.54, 1.807) is 36.4 Å². The number of benzene rings is 3. The van der Waals surface area contributed by atoms with Gasteiger partial charge in [-0.3, -0.25) is 0 Å². The first kappa shape index (κ1) is 32.6. The first-order valence-corrected chi connectivity index (χ1v) is 14.8. The zero-order valence-corrected chi connectivity index (χ0v) is 26.5. The smallest absolute Gasteiger partial charge is 0.182 e. The van der Waals surface area contributed by atoms with Gasteiger partial charge in [-0.2, -0.15) is 47.4 Å². The minimum absolute atomic E-state index is 0.0398. The van der Waals surface area contributed by atoms with Crippen molar-refractivity contribution in [3.05, 3.63) is 119 Å². The highest BCUT2D eigenvalue weighted by Gasteiger charge is 2.24. The summed E-state index contributed by atoms with van der Waals surface area (Å²) in [7, 11) is 0. The Morgan fingerprint density at radius 1 is 0.352 bits per heavy atom. The average Bonchev–Trinajstić information content (AvgIpc) is 3.95. The largest absolute Gasteiger partial charge is 0.225 e. The van der Waals surface area contributed by atoms with Crippen molar-refractivity contribution >= 4 is 0 Å². The van der Waals surface area contributed by atoms with E-state index >= 15 is 0 Å². The topological polar surface area (TPSA) is 327 Å². The van der Waals surface area contributed by atoms with Crippen LogP contribution in [0.1, 0.15) is 16.7 Å². The van der Waals surface area contributed by atoms with Crippen LogP contribution in [0, 0.1) is 102 Å². The van der Waals surface area contributed by atoms with E-state index in [4.69, 9.17) is 0 Å². The van der Waals surface area contributed by atoms with Crippen LogP contribution < -0.4 is 32.1 Å². The van der Waals surface area contributed by atoms with E-state index < -0.39 is 0 Å². The minimum Gasteiger partial charge on any atom is -0.225 e. The highest BCUT2D eigenvalue weighted by molar-refractivity contribution is 5.74. The summed E-state index contributed by atoms with van der Waals surface area (Å²) >= 11 is 0. The predicted molar refractivity (Wildman–Crippen MR) is 172 cm³/mol. The maximum atomic E-state index is 10.4.